The van der Waals surface area contributed by atoms with Crippen molar-refractivity contribution < 1.29 is 9.84 Å². The fraction of sp³-hybridized carbons (Fsp3) is 0.611. The van der Waals surface area contributed by atoms with Crippen LogP contribution in [0.25, 0.3) is 0 Å². The highest BCUT2D eigenvalue weighted by Crippen LogP contribution is 2.29. The number of phenols is 1. The Labute approximate surface area is 172 Å². The van der Waals surface area contributed by atoms with E-state index in [4.69, 9.17) is 9.73 Å². The lowest BCUT2D eigenvalue weighted by Crippen LogP contribution is -2.51. The largest absolute Gasteiger partial charge is 0.504 e. The van der Waals surface area contributed by atoms with E-state index in [1.54, 1.807) is 13.2 Å². The quantitative estimate of drug-likeness (QED) is 0.386. The van der Waals surface area contributed by atoms with Crippen LogP contribution in [0.3, 0.4) is 0 Å². The van der Waals surface area contributed by atoms with Gasteiger partial charge >= 0.3 is 0 Å². The van der Waals surface area contributed by atoms with Crippen LogP contribution >= 0.6 is 35.7 Å². The molecule has 142 valence electrons. The van der Waals surface area contributed by atoms with Crippen LogP contribution in [0.5, 0.6) is 11.5 Å². The Kier molecular flexibility index (Phi) is 9.20. The summed E-state index contributed by atoms with van der Waals surface area (Å²) in [6.45, 7) is 10.3. The highest BCUT2D eigenvalue weighted by molar-refractivity contribution is 14.0. The molecule has 2 rings (SSSR count). The number of hydrogen-bond acceptors (Lipinski definition) is 4. The third-order valence-corrected chi connectivity index (χ3v) is 5.26. The van der Waals surface area contributed by atoms with Crippen molar-refractivity contribution in [2.45, 2.75) is 31.9 Å². The Morgan fingerprint density at radius 1 is 1.44 bits per heavy atom. The van der Waals surface area contributed by atoms with Gasteiger partial charge in [0, 0.05) is 36.7 Å². The zero-order valence-electron chi connectivity index (χ0n) is 15.5. The first-order valence-electron chi connectivity index (χ1n) is 8.48. The molecule has 25 heavy (non-hydrogen) atoms. The van der Waals surface area contributed by atoms with E-state index < -0.39 is 0 Å². The summed E-state index contributed by atoms with van der Waals surface area (Å²) < 4.78 is 5.42. The maximum atomic E-state index is 9.67. The van der Waals surface area contributed by atoms with E-state index in [9.17, 15) is 5.11 Å². The second kappa shape index (κ2) is 10.4. The molecule has 0 amide bonds. The lowest BCUT2D eigenvalue weighted by Gasteiger charge is -2.39. The van der Waals surface area contributed by atoms with E-state index in [-0.39, 0.29) is 34.5 Å². The summed E-state index contributed by atoms with van der Waals surface area (Å²) in [6.07, 6.45) is 0.817. The Morgan fingerprint density at radius 2 is 2.20 bits per heavy atom. The van der Waals surface area contributed by atoms with Gasteiger partial charge in [-0.15, -0.1) is 24.0 Å². The van der Waals surface area contributed by atoms with Crippen LogP contribution in [-0.4, -0.2) is 59.8 Å². The molecule has 0 aliphatic carbocycles. The fourth-order valence-corrected chi connectivity index (χ4v) is 3.90. The first kappa shape index (κ1) is 22.2. The SMILES string of the molecule is CCNC(=NCCc1ccc(O)c(OC)c1)N1CCSC(C)(C)C1.I. The lowest BCUT2D eigenvalue weighted by atomic mass is 10.1. The molecule has 0 radical (unpaired) electrons. The molecule has 1 fully saturated rings. The molecule has 0 spiro atoms. The van der Waals surface area contributed by atoms with Crippen molar-refractivity contribution in [3.63, 3.8) is 0 Å². The number of guanidine groups is 1. The molecular formula is C18H30IN3O2S. The van der Waals surface area contributed by atoms with Crippen molar-refractivity contribution in [3.05, 3.63) is 23.8 Å². The van der Waals surface area contributed by atoms with Gasteiger partial charge in [-0.1, -0.05) is 6.07 Å². The number of nitrogens with zero attached hydrogens (tertiary/aromatic N) is 2. The van der Waals surface area contributed by atoms with Crippen LogP contribution in [0.15, 0.2) is 23.2 Å². The number of hydrogen-bond donors (Lipinski definition) is 2. The van der Waals surface area contributed by atoms with Gasteiger partial charge in [0.15, 0.2) is 17.5 Å². The highest BCUT2D eigenvalue weighted by Gasteiger charge is 2.28. The molecule has 0 atom stereocenters. The van der Waals surface area contributed by atoms with Crippen molar-refractivity contribution >= 4 is 41.7 Å². The topological polar surface area (TPSA) is 57.1 Å². The maximum Gasteiger partial charge on any atom is 0.193 e. The molecule has 1 aliphatic rings. The number of aliphatic imine (C=N–C) groups is 1. The standard InChI is InChI=1S/C18H29N3O2S.HI/c1-5-19-17(21-10-11-24-18(2,3)13-21)20-9-8-14-6-7-15(22)16(12-14)23-4;/h6-7,12,22H,5,8-11,13H2,1-4H3,(H,19,20);1H. The minimum absolute atomic E-state index is 0. The summed E-state index contributed by atoms with van der Waals surface area (Å²) in [6, 6.07) is 5.47. The molecule has 1 aliphatic heterocycles. The molecule has 0 bridgehead atoms. The number of thioether (sulfide) groups is 1. The summed E-state index contributed by atoms with van der Waals surface area (Å²) in [5.74, 6) is 2.81. The van der Waals surface area contributed by atoms with Gasteiger partial charge in [-0.25, -0.2) is 0 Å². The van der Waals surface area contributed by atoms with Crippen LogP contribution in [0.1, 0.15) is 26.3 Å². The van der Waals surface area contributed by atoms with Crippen LogP contribution in [0.4, 0.5) is 0 Å². The smallest absolute Gasteiger partial charge is 0.193 e. The number of phenolic OH excluding ortho intramolecular Hbond substituents is 1. The van der Waals surface area contributed by atoms with Gasteiger partial charge in [-0.3, -0.25) is 4.99 Å². The molecule has 0 saturated carbocycles. The normalized spacial score (nSPS) is 17.0. The predicted molar refractivity (Wildman–Crippen MR) is 118 cm³/mol. The number of rotatable bonds is 5. The van der Waals surface area contributed by atoms with Crippen molar-refractivity contribution in [3.8, 4) is 11.5 Å². The minimum atomic E-state index is 0. The number of aromatic hydroxyl groups is 1. The molecular weight excluding hydrogens is 449 g/mol. The van der Waals surface area contributed by atoms with E-state index >= 15 is 0 Å². The predicted octanol–water partition coefficient (Wildman–Crippen LogP) is 3.35. The van der Waals surface area contributed by atoms with Gasteiger partial charge in [-0.05, 0) is 44.9 Å². The molecule has 1 heterocycles. The van der Waals surface area contributed by atoms with Gasteiger partial charge in [0.25, 0.3) is 0 Å². The Balaban J connectivity index is 0.00000312. The number of methoxy groups -OCH3 is 1. The number of benzene rings is 1. The van der Waals surface area contributed by atoms with Gasteiger partial charge in [0.1, 0.15) is 0 Å². The summed E-state index contributed by atoms with van der Waals surface area (Å²) in [5.41, 5.74) is 1.11. The third kappa shape index (κ3) is 6.77. The van der Waals surface area contributed by atoms with Gasteiger partial charge in [0.2, 0.25) is 0 Å². The maximum absolute atomic E-state index is 9.67. The first-order chi connectivity index (χ1) is 11.4. The zero-order chi connectivity index (χ0) is 17.6. The van der Waals surface area contributed by atoms with Crippen LogP contribution in [0, 0.1) is 0 Å². The van der Waals surface area contributed by atoms with E-state index in [0.29, 0.717) is 12.3 Å². The zero-order valence-corrected chi connectivity index (χ0v) is 18.7. The average molecular weight is 479 g/mol. The Bertz CT molecular complexity index is 581. The summed E-state index contributed by atoms with van der Waals surface area (Å²) in [7, 11) is 1.57. The van der Waals surface area contributed by atoms with Crippen LogP contribution in [-0.2, 0) is 6.42 Å². The minimum Gasteiger partial charge on any atom is -0.504 e. The second-order valence-corrected chi connectivity index (χ2v) is 8.32. The molecule has 0 unspecified atom stereocenters. The van der Waals surface area contributed by atoms with Crippen molar-refractivity contribution in [2.75, 3.05) is 39.0 Å². The van der Waals surface area contributed by atoms with Gasteiger partial charge < -0.3 is 20.1 Å². The van der Waals surface area contributed by atoms with Crippen molar-refractivity contribution in [2.24, 2.45) is 4.99 Å². The summed E-state index contributed by atoms with van der Waals surface area (Å²) >= 11 is 2.02. The average Bonchev–Trinajstić information content (AvgIpc) is 2.54. The van der Waals surface area contributed by atoms with Crippen molar-refractivity contribution in [1.29, 1.82) is 0 Å². The van der Waals surface area contributed by atoms with E-state index in [1.165, 1.54) is 0 Å². The molecule has 5 nitrogen and oxygen atoms in total. The molecule has 7 heteroatoms. The summed E-state index contributed by atoms with van der Waals surface area (Å²) in [4.78, 5) is 7.15. The third-order valence-electron chi connectivity index (χ3n) is 3.97. The second-order valence-electron chi connectivity index (χ2n) is 6.52. The highest BCUT2D eigenvalue weighted by atomic mass is 127. The van der Waals surface area contributed by atoms with Crippen LogP contribution < -0.4 is 10.1 Å². The Hall–Kier alpha value is -0.830. The van der Waals surface area contributed by atoms with E-state index in [1.807, 2.05) is 23.9 Å². The van der Waals surface area contributed by atoms with E-state index in [2.05, 4.69) is 31.0 Å². The first-order valence-corrected chi connectivity index (χ1v) is 9.47. The van der Waals surface area contributed by atoms with Crippen LogP contribution in [0.2, 0.25) is 0 Å². The molecule has 1 aromatic carbocycles. The number of nitrogens with one attached hydrogen (secondary N) is 1. The molecule has 2 N–H and O–H groups in total. The van der Waals surface area contributed by atoms with Gasteiger partial charge in [0.05, 0.1) is 7.11 Å². The number of ether oxygens (including phenoxy) is 1. The number of halogens is 1. The molecule has 1 aromatic rings. The molecule has 1 saturated heterocycles. The lowest BCUT2D eigenvalue weighted by molar-refractivity contribution is 0.373. The fourth-order valence-electron chi connectivity index (χ4n) is 2.79. The van der Waals surface area contributed by atoms with Gasteiger partial charge in [-0.2, -0.15) is 11.8 Å². The van der Waals surface area contributed by atoms with E-state index in [0.717, 1.165) is 43.3 Å². The molecule has 0 aromatic heterocycles. The monoisotopic (exact) mass is 479 g/mol. The van der Waals surface area contributed by atoms with Crippen molar-refractivity contribution in [1.82, 2.24) is 10.2 Å². The summed E-state index contributed by atoms with van der Waals surface area (Å²) in [5, 5.41) is 13.1. The Morgan fingerprint density at radius 3 is 2.84 bits per heavy atom.